The Morgan fingerprint density at radius 3 is 2.55 bits per heavy atom. The van der Waals surface area contributed by atoms with Gasteiger partial charge in [0.1, 0.15) is 24.4 Å². The first kappa shape index (κ1) is 31.4. The zero-order valence-electron chi connectivity index (χ0n) is 25.8. The summed E-state index contributed by atoms with van der Waals surface area (Å²) in [6, 6.07) is 0. The standard InChI is InChI=1S/C33H54O9/c1-17(16-40-30-29(38)28(37)27(36)25(15-34)41-30)7-12-33(39)18(2)26-24(42-33)14-23-21-6-5-19-13-20(35)8-10-31(19,3)22(21)9-11-32(23,26)4/h5,17-18,20-30,34-39H,6-16H2,1-4H3/t17-,18-,20-,21+,22-,23-,24-,25+,26-,27+,28-,29+,30+,31-,32-,33+/m0/s1. The summed E-state index contributed by atoms with van der Waals surface area (Å²) in [5, 5.41) is 61.8. The van der Waals surface area contributed by atoms with E-state index in [4.69, 9.17) is 14.2 Å². The predicted molar refractivity (Wildman–Crippen MR) is 154 cm³/mol. The Labute approximate surface area is 250 Å². The van der Waals surface area contributed by atoms with Gasteiger partial charge in [-0.1, -0.05) is 39.3 Å². The topological polar surface area (TPSA) is 149 Å². The van der Waals surface area contributed by atoms with Crippen molar-refractivity contribution in [1.29, 1.82) is 0 Å². The van der Waals surface area contributed by atoms with Crippen molar-refractivity contribution in [2.75, 3.05) is 13.2 Å². The van der Waals surface area contributed by atoms with Gasteiger partial charge in [0.2, 0.25) is 0 Å². The highest BCUT2D eigenvalue weighted by molar-refractivity contribution is 5.26. The third kappa shape index (κ3) is 4.94. The number of rotatable bonds is 7. The van der Waals surface area contributed by atoms with E-state index in [0.717, 1.165) is 32.1 Å². The van der Waals surface area contributed by atoms with Gasteiger partial charge in [-0.15, -0.1) is 0 Å². The second-order valence-corrected chi connectivity index (χ2v) is 15.4. The van der Waals surface area contributed by atoms with E-state index in [0.29, 0.717) is 36.5 Å². The van der Waals surface area contributed by atoms with Gasteiger partial charge in [0.25, 0.3) is 0 Å². The minimum atomic E-state index is -1.46. The first-order valence-electron chi connectivity index (χ1n) is 16.5. The molecule has 0 aromatic carbocycles. The van der Waals surface area contributed by atoms with Crippen LogP contribution in [0.4, 0.5) is 0 Å². The zero-order valence-corrected chi connectivity index (χ0v) is 25.8. The average Bonchev–Trinajstić information content (AvgIpc) is 3.39. The minimum absolute atomic E-state index is 0.0164. The second kappa shape index (κ2) is 11.3. The van der Waals surface area contributed by atoms with Crippen LogP contribution in [0.15, 0.2) is 11.6 Å². The molecule has 5 fully saturated rings. The SMILES string of the molecule is C[C@@H](CC[C@@]1(O)O[C@H]2C[C@H]3[C@@H]4CC=C5C[C@@H](O)CC[C@]5(C)[C@H]4CC[C@]3(C)[C@H]2[C@@H]1C)CO[C@@H]1O[C@H](CO)[C@@H](O)[C@H](O)[C@H]1O. The lowest BCUT2D eigenvalue weighted by molar-refractivity contribution is -0.303. The number of aliphatic hydroxyl groups excluding tert-OH is 5. The molecule has 0 unspecified atom stereocenters. The largest absolute Gasteiger partial charge is 0.394 e. The van der Waals surface area contributed by atoms with E-state index >= 15 is 0 Å². The molecular weight excluding hydrogens is 540 g/mol. The van der Waals surface area contributed by atoms with Crippen LogP contribution in [0.25, 0.3) is 0 Å². The summed E-state index contributed by atoms with van der Waals surface area (Å²) in [6.45, 7) is 8.83. The monoisotopic (exact) mass is 594 g/mol. The molecule has 240 valence electrons. The van der Waals surface area contributed by atoms with Crippen molar-refractivity contribution < 1.29 is 44.8 Å². The van der Waals surface area contributed by atoms with Crippen molar-refractivity contribution in [2.24, 2.45) is 46.3 Å². The summed E-state index contributed by atoms with van der Waals surface area (Å²) < 4.78 is 17.8. The van der Waals surface area contributed by atoms with Crippen molar-refractivity contribution in [3.05, 3.63) is 11.6 Å². The highest BCUT2D eigenvalue weighted by Crippen LogP contribution is 2.70. The maximum absolute atomic E-state index is 11.8. The van der Waals surface area contributed by atoms with Crippen molar-refractivity contribution in [3.63, 3.8) is 0 Å². The van der Waals surface area contributed by atoms with Gasteiger partial charge in [0, 0.05) is 12.3 Å². The summed E-state index contributed by atoms with van der Waals surface area (Å²) in [5.74, 6) is 1.06. The van der Waals surface area contributed by atoms with Crippen LogP contribution in [0.1, 0.15) is 85.5 Å². The maximum atomic E-state index is 11.8. The van der Waals surface area contributed by atoms with E-state index in [9.17, 15) is 30.6 Å². The molecule has 6 aliphatic rings. The molecule has 9 nitrogen and oxygen atoms in total. The van der Waals surface area contributed by atoms with Crippen molar-refractivity contribution >= 4 is 0 Å². The summed E-state index contributed by atoms with van der Waals surface area (Å²) in [4.78, 5) is 0. The number of ether oxygens (including phenoxy) is 3. The van der Waals surface area contributed by atoms with Crippen LogP contribution in [0, 0.1) is 46.3 Å². The molecule has 3 saturated carbocycles. The van der Waals surface area contributed by atoms with E-state index in [1.165, 1.54) is 18.4 Å². The summed E-state index contributed by atoms with van der Waals surface area (Å²) in [6.07, 6.45) is 4.36. The average molecular weight is 595 g/mol. The van der Waals surface area contributed by atoms with Crippen LogP contribution in [-0.2, 0) is 14.2 Å². The Kier molecular flexibility index (Phi) is 8.45. The molecule has 2 saturated heterocycles. The molecule has 0 radical (unpaired) electrons. The summed E-state index contributed by atoms with van der Waals surface area (Å²) in [5.41, 5.74) is 1.85. The molecule has 42 heavy (non-hydrogen) atoms. The van der Waals surface area contributed by atoms with E-state index in [2.05, 4.69) is 26.8 Å². The lowest BCUT2D eigenvalue weighted by Gasteiger charge is -2.58. The first-order valence-corrected chi connectivity index (χ1v) is 16.5. The molecule has 6 N–H and O–H groups in total. The van der Waals surface area contributed by atoms with Gasteiger partial charge >= 0.3 is 0 Å². The second-order valence-electron chi connectivity index (χ2n) is 15.4. The quantitative estimate of drug-likeness (QED) is 0.245. The zero-order chi connectivity index (χ0) is 30.2. The van der Waals surface area contributed by atoms with Crippen LogP contribution >= 0.6 is 0 Å². The molecule has 0 aromatic rings. The van der Waals surface area contributed by atoms with Gasteiger partial charge in [-0.3, -0.25) is 0 Å². The normalized spacial score (nSPS) is 54.4. The molecule has 0 bridgehead atoms. The molecule has 9 heteroatoms. The van der Waals surface area contributed by atoms with E-state index in [-0.39, 0.29) is 41.5 Å². The molecule has 0 amide bonds. The van der Waals surface area contributed by atoms with Gasteiger partial charge in [-0.05, 0) is 91.8 Å². The van der Waals surface area contributed by atoms with Crippen molar-refractivity contribution in [1.82, 2.24) is 0 Å². The number of hydrogen-bond acceptors (Lipinski definition) is 9. The minimum Gasteiger partial charge on any atom is -0.394 e. The lowest BCUT2D eigenvalue weighted by Crippen LogP contribution is -2.59. The third-order valence-electron chi connectivity index (χ3n) is 13.2. The molecule has 0 spiro atoms. The van der Waals surface area contributed by atoms with Crippen LogP contribution in [-0.4, -0.2) is 92.6 Å². The summed E-state index contributed by atoms with van der Waals surface area (Å²) >= 11 is 0. The van der Waals surface area contributed by atoms with E-state index in [1.807, 2.05) is 6.92 Å². The number of aliphatic hydroxyl groups is 6. The third-order valence-corrected chi connectivity index (χ3v) is 13.2. The fourth-order valence-corrected chi connectivity index (χ4v) is 10.6. The number of allylic oxidation sites excluding steroid dienone is 1. The van der Waals surface area contributed by atoms with E-state index in [1.54, 1.807) is 0 Å². The molecule has 4 aliphatic carbocycles. The van der Waals surface area contributed by atoms with Crippen LogP contribution in [0.5, 0.6) is 0 Å². The molecule has 6 rings (SSSR count). The molecule has 2 aliphatic heterocycles. The first-order chi connectivity index (χ1) is 19.8. The lowest BCUT2D eigenvalue weighted by atomic mass is 9.47. The molecule has 0 aromatic heterocycles. The highest BCUT2D eigenvalue weighted by Gasteiger charge is 2.67. The fraction of sp³-hybridized carbons (Fsp3) is 0.939. The Bertz CT molecular complexity index is 1020. The number of fused-ring (bicyclic) bond motifs is 7. The molecule has 2 heterocycles. The van der Waals surface area contributed by atoms with Gasteiger partial charge in [0.15, 0.2) is 12.1 Å². The van der Waals surface area contributed by atoms with Crippen LogP contribution in [0.3, 0.4) is 0 Å². The predicted octanol–water partition coefficient (Wildman–Crippen LogP) is 2.49. The fourth-order valence-electron chi connectivity index (χ4n) is 10.6. The molecule has 16 atom stereocenters. The Hall–Kier alpha value is -0.620. The Balaban J connectivity index is 1.06. The van der Waals surface area contributed by atoms with Gasteiger partial charge in [0.05, 0.1) is 25.4 Å². The van der Waals surface area contributed by atoms with Crippen molar-refractivity contribution in [2.45, 2.75) is 134 Å². The van der Waals surface area contributed by atoms with Gasteiger partial charge < -0.3 is 44.8 Å². The van der Waals surface area contributed by atoms with Gasteiger partial charge in [-0.2, -0.15) is 0 Å². The maximum Gasteiger partial charge on any atom is 0.186 e. The molecular formula is C33H54O9. The smallest absolute Gasteiger partial charge is 0.186 e. The highest BCUT2D eigenvalue weighted by atomic mass is 16.7. The Morgan fingerprint density at radius 2 is 1.81 bits per heavy atom. The summed E-state index contributed by atoms with van der Waals surface area (Å²) in [7, 11) is 0. The van der Waals surface area contributed by atoms with E-state index < -0.39 is 43.1 Å². The van der Waals surface area contributed by atoms with Crippen LogP contribution < -0.4 is 0 Å². The van der Waals surface area contributed by atoms with Crippen LogP contribution in [0.2, 0.25) is 0 Å². The van der Waals surface area contributed by atoms with Crippen molar-refractivity contribution in [3.8, 4) is 0 Å². The number of hydrogen-bond donors (Lipinski definition) is 6. The Morgan fingerprint density at radius 1 is 1.05 bits per heavy atom. The van der Waals surface area contributed by atoms with Gasteiger partial charge in [-0.25, -0.2) is 0 Å².